The summed E-state index contributed by atoms with van der Waals surface area (Å²) in [5.74, 6) is 0.00369. The lowest BCUT2D eigenvalue weighted by Gasteiger charge is -2.49. The van der Waals surface area contributed by atoms with Crippen molar-refractivity contribution >= 4 is 22.8 Å². The van der Waals surface area contributed by atoms with Crippen molar-refractivity contribution in [2.24, 2.45) is 5.41 Å². The average Bonchev–Trinajstić information content (AvgIpc) is 3.30. The van der Waals surface area contributed by atoms with Crippen molar-refractivity contribution < 1.29 is 22.5 Å². The summed E-state index contributed by atoms with van der Waals surface area (Å²) in [6.07, 6.45) is 1.44. The van der Waals surface area contributed by atoms with E-state index >= 15 is 0 Å². The number of benzene rings is 1. The van der Waals surface area contributed by atoms with Gasteiger partial charge in [-0.1, -0.05) is 17.3 Å². The summed E-state index contributed by atoms with van der Waals surface area (Å²) < 4.78 is 45.9. The molecular weight excluding hydrogens is 523 g/mol. The van der Waals surface area contributed by atoms with Crippen molar-refractivity contribution in [3.8, 4) is 11.4 Å². The van der Waals surface area contributed by atoms with Crippen LogP contribution in [0.5, 0.6) is 0 Å². The lowest BCUT2D eigenvalue weighted by Crippen LogP contribution is -2.57. The van der Waals surface area contributed by atoms with Crippen molar-refractivity contribution in [3.05, 3.63) is 59.7 Å². The number of alkyl halides is 3. The highest BCUT2D eigenvalue weighted by atomic mass is 19.3. The molecule has 1 spiro atoms. The molecule has 1 aromatic carbocycles. The Balaban J connectivity index is 1.07. The summed E-state index contributed by atoms with van der Waals surface area (Å²) in [4.78, 5) is 21.8. The molecule has 40 heavy (non-hydrogen) atoms. The van der Waals surface area contributed by atoms with Crippen LogP contribution >= 0.6 is 0 Å². The Hall–Kier alpha value is -3.93. The zero-order valence-corrected chi connectivity index (χ0v) is 21.9. The molecule has 2 aliphatic heterocycles. The normalized spacial score (nSPS) is 21.9. The summed E-state index contributed by atoms with van der Waals surface area (Å²) in [5, 5.41) is 11.3. The first kappa shape index (κ1) is 25.1. The van der Waals surface area contributed by atoms with Gasteiger partial charge >= 0.3 is 0 Å². The van der Waals surface area contributed by atoms with Crippen LogP contribution in [-0.2, 0) is 0 Å². The Morgan fingerprint density at radius 1 is 1.23 bits per heavy atom. The number of aryl methyl sites for hydroxylation is 1. The molecule has 3 fully saturated rings. The maximum atomic E-state index is 13.4. The van der Waals surface area contributed by atoms with E-state index in [1.165, 1.54) is 0 Å². The van der Waals surface area contributed by atoms with Gasteiger partial charge in [-0.25, -0.2) is 17.7 Å². The first-order valence-corrected chi connectivity index (χ1v) is 13.4. The molecule has 3 aliphatic rings. The highest BCUT2D eigenvalue weighted by Gasteiger charge is 2.48. The van der Waals surface area contributed by atoms with Crippen LogP contribution in [0.3, 0.4) is 0 Å². The molecule has 3 aromatic heterocycles. The Morgan fingerprint density at radius 3 is 2.83 bits per heavy atom. The van der Waals surface area contributed by atoms with E-state index in [-0.39, 0.29) is 23.8 Å². The van der Waals surface area contributed by atoms with Crippen molar-refractivity contribution in [2.75, 3.05) is 42.9 Å². The van der Waals surface area contributed by atoms with E-state index in [4.69, 9.17) is 4.52 Å². The third-order valence-corrected chi connectivity index (χ3v) is 8.30. The Kier molecular flexibility index (Phi) is 5.84. The van der Waals surface area contributed by atoms with Crippen molar-refractivity contribution in [3.63, 3.8) is 0 Å². The lowest BCUT2D eigenvalue weighted by molar-refractivity contribution is 0.0901. The summed E-state index contributed by atoms with van der Waals surface area (Å²) in [7, 11) is 0. The third kappa shape index (κ3) is 4.49. The number of hydrogen-bond donors (Lipinski definition) is 1. The van der Waals surface area contributed by atoms with Gasteiger partial charge in [-0.2, -0.15) is 10.1 Å². The number of hydrogen-bond acceptors (Lipinski definition) is 7. The molecule has 1 amide bonds. The molecule has 9 nitrogen and oxygen atoms in total. The second kappa shape index (κ2) is 9.33. The smallest absolute Gasteiger partial charge is 0.259 e. The van der Waals surface area contributed by atoms with Gasteiger partial charge in [0.1, 0.15) is 6.17 Å². The third-order valence-electron chi connectivity index (χ3n) is 8.30. The van der Waals surface area contributed by atoms with Crippen molar-refractivity contribution in [1.82, 2.24) is 24.7 Å². The van der Waals surface area contributed by atoms with Crippen LogP contribution in [0.2, 0.25) is 0 Å². The number of rotatable bonds is 7. The minimum atomic E-state index is -2.31. The predicted molar refractivity (Wildman–Crippen MR) is 142 cm³/mol. The second-order valence-corrected chi connectivity index (χ2v) is 11.3. The molecular formula is C28H28F3N7O2. The molecule has 2 atom stereocenters. The van der Waals surface area contributed by atoms with E-state index in [1.54, 1.807) is 16.8 Å². The highest BCUT2D eigenvalue weighted by Crippen LogP contribution is 2.43. The number of anilines is 2. The highest BCUT2D eigenvalue weighted by molar-refractivity contribution is 6.09. The first-order valence-electron chi connectivity index (χ1n) is 13.4. The first-order chi connectivity index (χ1) is 19.3. The number of halogens is 3. The predicted octanol–water partition coefficient (Wildman–Crippen LogP) is 4.55. The minimum absolute atomic E-state index is 0.0513. The summed E-state index contributed by atoms with van der Waals surface area (Å²) in [6.45, 7) is 4.72. The Morgan fingerprint density at radius 2 is 2.05 bits per heavy atom. The van der Waals surface area contributed by atoms with Crippen LogP contribution in [0.4, 0.5) is 24.5 Å². The fourth-order valence-electron chi connectivity index (χ4n) is 5.93. The van der Waals surface area contributed by atoms with E-state index in [1.807, 2.05) is 42.3 Å². The van der Waals surface area contributed by atoms with Crippen LogP contribution in [-0.4, -0.2) is 75.9 Å². The van der Waals surface area contributed by atoms with Gasteiger partial charge in [-0.05, 0) is 50.1 Å². The number of fused-ring (bicyclic) bond motifs is 1. The SMILES string of the molecule is Cc1ccc(-c2noc([C@H]3C[C@@H]3F)n2)cc1NC(=O)c1cnn2ccc(N3CC4(CCN(CC(F)F)C4)C3)cc12. The Labute approximate surface area is 227 Å². The topological polar surface area (TPSA) is 91.8 Å². The van der Waals surface area contributed by atoms with Crippen LogP contribution in [0.1, 0.15) is 40.6 Å². The molecule has 0 unspecified atom stereocenters. The minimum Gasteiger partial charge on any atom is -0.370 e. The molecule has 7 rings (SSSR count). The maximum absolute atomic E-state index is 13.4. The second-order valence-electron chi connectivity index (χ2n) is 11.3. The van der Waals surface area contributed by atoms with Gasteiger partial charge < -0.3 is 14.7 Å². The van der Waals surface area contributed by atoms with Gasteiger partial charge in [-0.3, -0.25) is 9.69 Å². The number of carbonyl (C=O) groups is 1. The quantitative estimate of drug-likeness (QED) is 0.360. The van der Waals surface area contributed by atoms with Gasteiger partial charge in [0.25, 0.3) is 12.3 Å². The number of pyridine rings is 1. The fraction of sp³-hybridized carbons (Fsp3) is 0.429. The van der Waals surface area contributed by atoms with Crippen LogP contribution in [0.25, 0.3) is 16.9 Å². The standard InChI is InChI=1S/C28H28F3N7O2/c1-16-2-3-17(25-34-27(40-35-25)19-10-21(19)29)8-22(16)33-26(39)20-11-32-38-6-4-18(9-23(20)38)37-14-28(15-37)5-7-36(13-28)12-24(30)31/h2-4,6,8-9,11,19,21,24H,5,7,10,12-15H2,1H3,(H,33,39)/t19-,21-/m0/s1. The number of nitrogens with one attached hydrogen (secondary N) is 1. The molecule has 12 heteroatoms. The molecule has 5 heterocycles. The Bertz CT molecular complexity index is 1600. The summed E-state index contributed by atoms with van der Waals surface area (Å²) in [5.41, 5.74) is 4.22. The van der Waals surface area contributed by atoms with E-state index in [2.05, 4.69) is 25.5 Å². The summed E-state index contributed by atoms with van der Waals surface area (Å²) in [6, 6.07) is 9.37. The van der Waals surface area contributed by atoms with E-state index < -0.39 is 12.6 Å². The summed E-state index contributed by atoms with van der Waals surface area (Å²) >= 11 is 0. The van der Waals surface area contributed by atoms with Gasteiger partial charge in [0.05, 0.1) is 29.7 Å². The zero-order chi connectivity index (χ0) is 27.6. The van der Waals surface area contributed by atoms with E-state index in [0.717, 1.165) is 30.8 Å². The van der Waals surface area contributed by atoms with Crippen LogP contribution in [0.15, 0.2) is 47.2 Å². The molecule has 1 N–H and O–H groups in total. The zero-order valence-electron chi connectivity index (χ0n) is 21.9. The van der Waals surface area contributed by atoms with Crippen molar-refractivity contribution in [1.29, 1.82) is 0 Å². The maximum Gasteiger partial charge on any atom is 0.259 e. The largest absolute Gasteiger partial charge is 0.370 e. The molecule has 4 aromatic rings. The van der Waals surface area contributed by atoms with Gasteiger partial charge in [-0.15, -0.1) is 0 Å². The number of carbonyl (C=O) groups excluding carboxylic acids is 1. The van der Waals surface area contributed by atoms with Crippen LogP contribution in [0, 0.1) is 12.3 Å². The van der Waals surface area contributed by atoms with Gasteiger partial charge in [0, 0.05) is 48.2 Å². The molecule has 1 saturated carbocycles. The van der Waals surface area contributed by atoms with Gasteiger partial charge in [0.15, 0.2) is 0 Å². The van der Waals surface area contributed by atoms with E-state index in [9.17, 15) is 18.0 Å². The number of likely N-dealkylation sites (tertiary alicyclic amines) is 1. The molecule has 0 radical (unpaired) electrons. The monoisotopic (exact) mass is 551 g/mol. The number of nitrogens with zero attached hydrogens (tertiary/aromatic N) is 6. The van der Waals surface area contributed by atoms with Crippen molar-refractivity contribution in [2.45, 2.75) is 38.3 Å². The van der Waals surface area contributed by atoms with Gasteiger partial charge in [0.2, 0.25) is 11.7 Å². The molecule has 2 saturated heterocycles. The molecule has 208 valence electrons. The van der Waals surface area contributed by atoms with Crippen LogP contribution < -0.4 is 10.2 Å². The molecule has 0 bridgehead atoms. The lowest BCUT2D eigenvalue weighted by atomic mass is 9.79. The number of amides is 1. The fourth-order valence-corrected chi connectivity index (χ4v) is 5.93. The average molecular weight is 552 g/mol. The molecule has 1 aliphatic carbocycles. The van der Waals surface area contributed by atoms with E-state index in [0.29, 0.717) is 53.6 Å². The number of aromatic nitrogens is 4.